The van der Waals surface area contributed by atoms with Crippen LogP contribution in [0.2, 0.25) is 10.0 Å². The third-order valence-electron chi connectivity index (χ3n) is 8.86. The van der Waals surface area contributed by atoms with Crippen molar-refractivity contribution in [3.8, 4) is 5.75 Å². The molecule has 1 amide bonds. The van der Waals surface area contributed by atoms with Gasteiger partial charge in [0, 0.05) is 30.2 Å². The number of hydrogen-bond acceptors (Lipinski definition) is 5. The van der Waals surface area contributed by atoms with Crippen LogP contribution in [0.15, 0.2) is 41.3 Å². The first-order valence-electron chi connectivity index (χ1n) is 14.0. The minimum absolute atomic E-state index is 0.00334. The molecule has 9 heteroatoms. The van der Waals surface area contributed by atoms with Crippen molar-refractivity contribution in [3.05, 3.63) is 52.0 Å². The number of ether oxygens (including phenoxy) is 2. The van der Waals surface area contributed by atoms with E-state index in [0.717, 1.165) is 38.5 Å². The molecular weight excluding hydrogens is 557 g/mol. The maximum Gasteiger partial charge on any atom is 0.230 e. The predicted octanol–water partition coefficient (Wildman–Crippen LogP) is 7.19. The van der Waals surface area contributed by atoms with E-state index in [1.165, 1.54) is 6.42 Å². The van der Waals surface area contributed by atoms with Gasteiger partial charge in [-0.3, -0.25) is 4.79 Å². The van der Waals surface area contributed by atoms with Gasteiger partial charge in [0.25, 0.3) is 0 Å². The average Bonchev–Trinajstić information content (AvgIpc) is 3.80. The fraction of sp³-hybridized carbons (Fsp3) is 0.567. The van der Waals surface area contributed by atoms with Crippen LogP contribution in [-0.4, -0.2) is 40.7 Å². The Labute approximate surface area is 241 Å². The number of methoxy groups -OCH3 is 1. The molecule has 0 bridgehead atoms. The van der Waals surface area contributed by atoms with E-state index in [9.17, 15) is 13.2 Å². The zero-order valence-electron chi connectivity index (χ0n) is 22.6. The van der Waals surface area contributed by atoms with Gasteiger partial charge in [0.05, 0.1) is 17.0 Å². The molecule has 2 aliphatic carbocycles. The van der Waals surface area contributed by atoms with Crippen molar-refractivity contribution in [2.75, 3.05) is 25.2 Å². The van der Waals surface area contributed by atoms with Gasteiger partial charge in [0.1, 0.15) is 16.2 Å². The van der Waals surface area contributed by atoms with E-state index in [4.69, 9.17) is 32.7 Å². The highest BCUT2D eigenvalue weighted by molar-refractivity contribution is 7.92. The summed E-state index contributed by atoms with van der Waals surface area (Å²) < 4.78 is 38.7. The second kappa shape index (κ2) is 11.6. The average molecular weight is 595 g/mol. The van der Waals surface area contributed by atoms with Gasteiger partial charge in [0.2, 0.25) is 5.91 Å². The number of anilines is 1. The first-order valence-corrected chi connectivity index (χ1v) is 16.2. The van der Waals surface area contributed by atoms with Gasteiger partial charge in [0.15, 0.2) is 9.84 Å². The number of carbonyl (C=O) groups excluding carboxylic acids is 1. The summed E-state index contributed by atoms with van der Waals surface area (Å²) in [6.07, 6.45) is 8.04. The largest absolute Gasteiger partial charge is 0.495 e. The number of nitrogens with zero attached hydrogens (tertiary/aromatic N) is 1. The fourth-order valence-corrected chi connectivity index (χ4v) is 8.85. The first-order chi connectivity index (χ1) is 18.7. The smallest absolute Gasteiger partial charge is 0.230 e. The Kier molecular flexibility index (Phi) is 8.54. The van der Waals surface area contributed by atoms with Crippen LogP contribution in [0, 0.1) is 11.8 Å². The molecule has 6 nitrogen and oxygen atoms in total. The molecule has 212 valence electrons. The lowest BCUT2D eigenvalue weighted by Gasteiger charge is -2.40. The normalized spacial score (nSPS) is 20.8. The monoisotopic (exact) mass is 593 g/mol. The molecule has 1 heterocycles. The highest BCUT2D eigenvalue weighted by atomic mass is 35.5. The van der Waals surface area contributed by atoms with Crippen LogP contribution in [0.3, 0.4) is 0 Å². The van der Waals surface area contributed by atoms with Crippen LogP contribution in [0.5, 0.6) is 5.75 Å². The number of halogens is 2. The molecule has 2 aromatic rings. The number of carbonyl (C=O) groups is 1. The van der Waals surface area contributed by atoms with Crippen LogP contribution in [-0.2, 0) is 24.1 Å². The molecule has 1 aliphatic heterocycles. The van der Waals surface area contributed by atoms with Crippen LogP contribution in [0.1, 0.15) is 70.3 Å². The molecule has 5 rings (SSSR count). The molecule has 0 N–H and O–H groups in total. The van der Waals surface area contributed by atoms with Gasteiger partial charge in [-0.15, -0.1) is 0 Å². The van der Waals surface area contributed by atoms with Crippen molar-refractivity contribution in [1.29, 1.82) is 0 Å². The number of amides is 1. The van der Waals surface area contributed by atoms with E-state index < -0.39 is 14.6 Å². The second-order valence-electron chi connectivity index (χ2n) is 11.2. The van der Waals surface area contributed by atoms with E-state index in [-0.39, 0.29) is 35.6 Å². The molecule has 0 unspecified atom stereocenters. The molecule has 39 heavy (non-hydrogen) atoms. The van der Waals surface area contributed by atoms with E-state index in [0.29, 0.717) is 46.2 Å². The predicted molar refractivity (Wildman–Crippen MR) is 155 cm³/mol. The summed E-state index contributed by atoms with van der Waals surface area (Å²) in [5.41, 5.74) is 1.10. The summed E-state index contributed by atoms with van der Waals surface area (Å²) >= 11 is 13.1. The van der Waals surface area contributed by atoms with Crippen molar-refractivity contribution in [2.45, 2.75) is 80.4 Å². The molecule has 1 saturated heterocycles. The number of benzene rings is 2. The van der Waals surface area contributed by atoms with Crippen LogP contribution in [0.25, 0.3) is 0 Å². The zero-order chi connectivity index (χ0) is 27.8. The number of sulfone groups is 1. The summed E-state index contributed by atoms with van der Waals surface area (Å²) in [4.78, 5) is 15.8. The first kappa shape index (κ1) is 28.7. The third kappa shape index (κ3) is 5.44. The molecule has 2 aromatic carbocycles. The second-order valence-corrected chi connectivity index (χ2v) is 14.3. The van der Waals surface area contributed by atoms with Crippen molar-refractivity contribution in [2.24, 2.45) is 11.8 Å². The van der Waals surface area contributed by atoms with E-state index >= 15 is 0 Å². The fourth-order valence-electron chi connectivity index (χ4n) is 6.35. The van der Waals surface area contributed by atoms with Gasteiger partial charge in [-0.1, -0.05) is 42.5 Å². The summed E-state index contributed by atoms with van der Waals surface area (Å²) in [5, 5.41) is 0.801. The van der Waals surface area contributed by atoms with Crippen molar-refractivity contribution >= 4 is 44.6 Å². The lowest BCUT2D eigenvalue weighted by molar-refractivity contribution is -0.120. The van der Waals surface area contributed by atoms with E-state index in [2.05, 4.69) is 6.92 Å². The molecule has 0 spiro atoms. The molecule has 0 radical (unpaired) electrons. The molecule has 1 atom stereocenters. The topological polar surface area (TPSA) is 72.9 Å². The maximum absolute atomic E-state index is 14.2. The Balaban J connectivity index is 1.62. The van der Waals surface area contributed by atoms with Crippen LogP contribution in [0.4, 0.5) is 5.69 Å². The Morgan fingerprint density at radius 1 is 1.03 bits per heavy atom. The maximum atomic E-state index is 14.2. The van der Waals surface area contributed by atoms with Gasteiger partial charge < -0.3 is 14.4 Å². The molecule has 3 aliphatic rings. The molecule has 3 fully saturated rings. The van der Waals surface area contributed by atoms with E-state index in [1.807, 2.05) is 4.90 Å². The number of hydrogen-bond donors (Lipinski definition) is 0. The number of rotatable bonds is 8. The van der Waals surface area contributed by atoms with Crippen LogP contribution < -0.4 is 9.64 Å². The van der Waals surface area contributed by atoms with Crippen molar-refractivity contribution < 1.29 is 22.7 Å². The molecule has 2 saturated carbocycles. The third-order valence-corrected chi connectivity index (χ3v) is 12.0. The van der Waals surface area contributed by atoms with Crippen molar-refractivity contribution in [3.63, 3.8) is 0 Å². The summed E-state index contributed by atoms with van der Waals surface area (Å²) in [5.74, 6) is 0.888. The van der Waals surface area contributed by atoms with Gasteiger partial charge >= 0.3 is 0 Å². The van der Waals surface area contributed by atoms with Gasteiger partial charge in [-0.05, 0) is 93.3 Å². The zero-order valence-corrected chi connectivity index (χ0v) is 25.0. The Morgan fingerprint density at radius 3 is 2.26 bits per heavy atom. The molecular formula is C30H37Cl2NO5S. The highest BCUT2D eigenvalue weighted by Gasteiger charge is 2.49. The summed E-state index contributed by atoms with van der Waals surface area (Å²) in [7, 11) is -2.30. The lowest BCUT2D eigenvalue weighted by Crippen LogP contribution is -2.45. The quantitative estimate of drug-likeness (QED) is 0.324. The van der Waals surface area contributed by atoms with Crippen LogP contribution >= 0.6 is 23.2 Å². The summed E-state index contributed by atoms with van der Waals surface area (Å²) in [6.45, 7) is 2.73. The van der Waals surface area contributed by atoms with Gasteiger partial charge in [-0.2, -0.15) is 0 Å². The lowest BCUT2D eigenvalue weighted by atomic mass is 9.83. The standard InChI is InChI=1S/C30H37Cl2NO5S/c1-20(21-6-4-3-5-7-21)33(29(34)22-8-9-22)28-26(32)18-23(19-27(28)37-2)30(14-16-38-17-15-30)39(35,36)25-12-10-24(31)11-13-25/h10-13,18-22H,3-9,14-17H2,1-2H3/t20-/m1/s1. The Hall–Kier alpha value is -1.80. The molecule has 0 aromatic heterocycles. The minimum atomic E-state index is -3.85. The summed E-state index contributed by atoms with van der Waals surface area (Å²) in [6, 6.07) is 9.75. The Bertz CT molecular complexity index is 1300. The SMILES string of the molecule is COc1cc(C2(S(=O)(=O)c3ccc(Cl)cc3)CCOCC2)cc(Cl)c1N(C(=O)C1CC1)[C@H](C)C1CCCCC1. The Morgan fingerprint density at radius 2 is 1.67 bits per heavy atom. The highest BCUT2D eigenvalue weighted by Crippen LogP contribution is 2.50. The van der Waals surface area contributed by atoms with Gasteiger partial charge in [-0.25, -0.2) is 8.42 Å². The van der Waals surface area contributed by atoms with E-state index in [1.54, 1.807) is 43.5 Å². The van der Waals surface area contributed by atoms with Crippen molar-refractivity contribution in [1.82, 2.24) is 0 Å². The minimum Gasteiger partial charge on any atom is -0.495 e.